The van der Waals surface area contributed by atoms with Gasteiger partial charge in [-0.3, -0.25) is 4.79 Å². The van der Waals surface area contributed by atoms with E-state index in [1.165, 1.54) is 6.07 Å². The molecular formula is C15H8I2O3. The molecule has 1 N–H and O–H groups in total. The van der Waals surface area contributed by atoms with E-state index in [2.05, 4.69) is 22.6 Å². The molecule has 0 atom stereocenters. The summed E-state index contributed by atoms with van der Waals surface area (Å²) in [5, 5.41) is 10.3. The maximum absolute atomic E-state index is 12.3. The maximum atomic E-state index is 12.3. The summed E-state index contributed by atoms with van der Waals surface area (Å²) in [6.07, 6.45) is 0. The largest absolute Gasteiger partial charge is 0.506 e. The van der Waals surface area contributed by atoms with Crippen LogP contribution in [0.5, 0.6) is 5.75 Å². The summed E-state index contributed by atoms with van der Waals surface area (Å²) < 4.78 is 7.26. The highest BCUT2D eigenvalue weighted by Gasteiger charge is 2.15. The summed E-state index contributed by atoms with van der Waals surface area (Å²) in [7, 11) is 0. The van der Waals surface area contributed by atoms with Gasteiger partial charge < -0.3 is 9.52 Å². The van der Waals surface area contributed by atoms with Crippen molar-refractivity contribution in [3.63, 3.8) is 0 Å². The fraction of sp³-hybridized carbons (Fsp3) is 0. The maximum Gasteiger partial charge on any atom is 0.197 e. The summed E-state index contributed by atoms with van der Waals surface area (Å²) in [4.78, 5) is 12.3. The molecule has 5 heteroatoms. The summed E-state index contributed by atoms with van der Waals surface area (Å²) in [5.74, 6) is 0.482. The topological polar surface area (TPSA) is 50.4 Å². The first-order valence-corrected chi connectivity index (χ1v) is 7.94. The fourth-order valence-electron chi connectivity index (χ4n) is 2.00. The van der Waals surface area contributed by atoms with E-state index in [9.17, 15) is 9.90 Å². The molecule has 3 rings (SSSR count). The molecule has 0 aliphatic heterocycles. The first-order chi connectivity index (χ1) is 9.58. The first kappa shape index (κ1) is 13.9. The van der Waals surface area contributed by atoms with Gasteiger partial charge >= 0.3 is 0 Å². The predicted octanol–water partition coefficient (Wildman–Crippen LogP) is 4.37. The monoisotopic (exact) mass is 490 g/mol. The van der Waals surface area contributed by atoms with E-state index in [-0.39, 0.29) is 16.6 Å². The average molecular weight is 490 g/mol. The zero-order valence-electron chi connectivity index (χ0n) is 10.1. The van der Waals surface area contributed by atoms with Crippen LogP contribution in [0.15, 0.2) is 51.7 Å². The Labute approximate surface area is 141 Å². The van der Waals surface area contributed by atoms with Gasteiger partial charge in [0, 0.05) is 11.6 Å². The van der Waals surface area contributed by atoms with Crippen molar-refractivity contribution in [1.29, 1.82) is 0 Å². The second-order valence-corrected chi connectivity index (χ2v) is 6.56. The Hall–Kier alpha value is -1.09. The summed E-state index contributed by atoms with van der Waals surface area (Å²) in [5.41, 5.74) is 1.02. The number of benzene rings is 2. The van der Waals surface area contributed by atoms with Crippen LogP contribution in [-0.4, -0.2) is 5.11 Å². The van der Waals surface area contributed by atoms with Crippen molar-refractivity contribution in [2.45, 2.75) is 0 Å². The SMILES string of the molecule is O=c1cc(-c2ccccc2)oc2c(I)cc(I)c(O)c12. The van der Waals surface area contributed by atoms with Gasteiger partial charge in [0.2, 0.25) is 0 Å². The molecular weight excluding hydrogens is 482 g/mol. The minimum Gasteiger partial charge on any atom is -0.506 e. The van der Waals surface area contributed by atoms with E-state index < -0.39 is 0 Å². The average Bonchev–Trinajstić information content (AvgIpc) is 2.45. The van der Waals surface area contributed by atoms with Crippen molar-refractivity contribution in [2.75, 3.05) is 0 Å². The lowest BCUT2D eigenvalue weighted by Gasteiger charge is -2.07. The molecule has 1 heterocycles. The Morgan fingerprint density at radius 3 is 2.40 bits per heavy atom. The van der Waals surface area contributed by atoms with Gasteiger partial charge in [0.15, 0.2) is 11.0 Å². The number of rotatable bonds is 1. The first-order valence-electron chi connectivity index (χ1n) is 5.78. The molecule has 0 spiro atoms. The normalized spacial score (nSPS) is 10.9. The Morgan fingerprint density at radius 2 is 1.70 bits per heavy atom. The molecule has 100 valence electrons. The number of hydrogen-bond acceptors (Lipinski definition) is 3. The standard InChI is InChI=1S/C15H8I2O3/c16-9-6-10(17)15-13(14(9)19)11(18)7-12(20-15)8-4-2-1-3-5-8/h1-7,19H. The molecule has 0 saturated carbocycles. The number of phenolic OH excluding ortho intramolecular Hbond substituents is 1. The van der Waals surface area contributed by atoms with Crippen LogP contribution in [0.25, 0.3) is 22.3 Å². The fourth-order valence-corrected chi connectivity index (χ4v) is 3.86. The van der Waals surface area contributed by atoms with E-state index in [4.69, 9.17) is 4.42 Å². The van der Waals surface area contributed by atoms with Crippen molar-refractivity contribution >= 4 is 56.2 Å². The van der Waals surface area contributed by atoms with Crippen LogP contribution < -0.4 is 5.43 Å². The molecule has 1 aromatic heterocycles. The van der Waals surface area contributed by atoms with Crippen molar-refractivity contribution in [3.8, 4) is 17.1 Å². The van der Waals surface area contributed by atoms with Crippen LogP contribution in [0.3, 0.4) is 0 Å². The van der Waals surface area contributed by atoms with E-state index in [0.717, 1.165) is 9.13 Å². The summed E-state index contributed by atoms with van der Waals surface area (Å²) in [6.45, 7) is 0. The van der Waals surface area contributed by atoms with Crippen LogP contribution in [0.4, 0.5) is 0 Å². The van der Waals surface area contributed by atoms with Gasteiger partial charge in [-0.15, -0.1) is 0 Å². The van der Waals surface area contributed by atoms with Crippen LogP contribution in [0, 0.1) is 7.14 Å². The number of hydrogen-bond donors (Lipinski definition) is 1. The van der Waals surface area contributed by atoms with Crippen molar-refractivity contribution in [1.82, 2.24) is 0 Å². The lowest BCUT2D eigenvalue weighted by molar-refractivity contribution is 0.476. The van der Waals surface area contributed by atoms with Crippen molar-refractivity contribution in [2.24, 2.45) is 0 Å². The zero-order valence-corrected chi connectivity index (χ0v) is 14.4. The van der Waals surface area contributed by atoms with Crippen LogP contribution in [-0.2, 0) is 0 Å². The van der Waals surface area contributed by atoms with Gasteiger partial charge in [-0.05, 0) is 51.2 Å². The lowest BCUT2D eigenvalue weighted by Crippen LogP contribution is -2.02. The minimum atomic E-state index is -0.237. The third kappa shape index (κ3) is 2.32. The van der Waals surface area contributed by atoms with Gasteiger partial charge in [0.1, 0.15) is 16.9 Å². The second kappa shape index (κ2) is 5.36. The Balaban J connectivity index is 2.39. The van der Waals surface area contributed by atoms with Gasteiger partial charge in [-0.25, -0.2) is 0 Å². The highest BCUT2D eigenvalue weighted by Crippen LogP contribution is 2.33. The van der Waals surface area contributed by atoms with Crippen LogP contribution in [0.1, 0.15) is 0 Å². The van der Waals surface area contributed by atoms with E-state index in [1.807, 2.05) is 52.9 Å². The molecule has 0 fully saturated rings. The van der Waals surface area contributed by atoms with Crippen LogP contribution in [0.2, 0.25) is 0 Å². The molecule has 20 heavy (non-hydrogen) atoms. The smallest absolute Gasteiger partial charge is 0.197 e. The predicted molar refractivity (Wildman–Crippen MR) is 95.0 cm³/mol. The summed E-state index contributed by atoms with van der Waals surface area (Å²) in [6, 6.07) is 12.6. The highest BCUT2D eigenvalue weighted by molar-refractivity contribution is 14.1. The van der Waals surface area contributed by atoms with Crippen molar-refractivity contribution < 1.29 is 9.52 Å². The number of aromatic hydroxyl groups is 1. The Bertz CT molecular complexity index is 854. The summed E-state index contributed by atoms with van der Waals surface area (Å²) >= 11 is 4.10. The highest BCUT2D eigenvalue weighted by atomic mass is 127. The number of fused-ring (bicyclic) bond motifs is 1. The Kier molecular flexibility index (Phi) is 3.72. The van der Waals surface area contributed by atoms with Gasteiger partial charge in [-0.1, -0.05) is 30.3 Å². The van der Waals surface area contributed by atoms with E-state index in [0.29, 0.717) is 14.9 Å². The molecule has 0 saturated heterocycles. The van der Waals surface area contributed by atoms with Crippen LogP contribution >= 0.6 is 45.2 Å². The van der Waals surface area contributed by atoms with Crippen molar-refractivity contribution in [3.05, 3.63) is 59.8 Å². The zero-order chi connectivity index (χ0) is 14.3. The molecule has 3 aromatic rings. The quantitative estimate of drug-likeness (QED) is 0.516. The molecule has 0 aliphatic carbocycles. The molecule has 0 unspecified atom stereocenters. The lowest BCUT2D eigenvalue weighted by atomic mass is 10.1. The third-order valence-corrected chi connectivity index (χ3v) is 4.56. The molecule has 0 radical (unpaired) electrons. The number of phenols is 1. The molecule has 0 aliphatic rings. The van der Waals surface area contributed by atoms with Gasteiger partial charge in [-0.2, -0.15) is 0 Å². The van der Waals surface area contributed by atoms with E-state index >= 15 is 0 Å². The second-order valence-electron chi connectivity index (χ2n) is 4.23. The molecule has 0 bridgehead atoms. The van der Waals surface area contributed by atoms with Gasteiger partial charge in [0.05, 0.1) is 7.14 Å². The molecule has 3 nitrogen and oxygen atoms in total. The Morgan fingerprint density at radius 1 is 1.00 bits per heavy atom. The van der Waals surface area contributed by atoms with E-state index in [1.54, 1.807) is 6.07 Å². The molecule has 0 amide bonds. The minimum absolute atomic E-state index is 0.0191. The van der Waals surface area contributed by atoms with Gasteiger partial charge in [0.25, 0.3) is 0 Å². The number of halogens is 2. The third-order valence-electron chi connectivity index (χ3n) is 2.94. The molecule has 2 aromatic carbocycles.